The van der Waals surface area contributed by atoms with E-state index in [0.29, 0.717) is 10.7 Å². The van der Waals surface area contributed by atoms with Gasteiger partial charge in [-0.1, -0.05) is 12.1 Å². The molecule has 4 aromatic rings. The van der Waals surface area contributed by atoms with Gasteiger partial charge in [-0.2, -0.15) is 0 Å². The highest BCUT2D eigenvalue weighted by atomic mass is 32.1. The number of aromatic nitrogens is 3. The summed E-state index contributed by atoms with van der Waals surface area (Å²) in [6.07, 6.45) is 3.16. The molecular formula is C22H16FN5O2S. The minimum absolute atomic E-state index is 0.00647. The number of pyridine rings is 2. The minimum atomic E-state index is -0.544. The lowest BCUT2D eigenvalue weighted by molar-refractivity contribution is -0.115. The number of thiazole rings is 1. The topological polar surface area (TPSA) is 96.9 Å². The largest absolute Gasteiger partial charge is 0.324 e. The first-order valence-electron chi connectivity index (χ1n) is 9.26. The molecule has 0 unspecified atom stereocenters. The highest BCUT2D eigenvalue weighted by Crippen LogP contribution is 2.25. The van der Waals surface area contributed by atoms with Gasteiger partial charge in [0.1, 0.15) is 16.5 Å². The molecule has 9 heteroatoms. The fourth-order valence-corrected chi connectivity index (χ4v) is 3.56. The average molecular weight is 433 g/mol. The molecule has 0 atom stereocenters. The van der Waals surface area contributed by atoms with Crippen LogP contribution in [0.15, 0.2) is 72.4 Å². The molecule has 0 aliphatic carbocycles. The lowest BCUT2D eigenvalue weighted by atomic mass is 10.2. The number of hydrogen-bond donors (Lipinski definition) is 2. The summed E-state index contributed by atoms with van der Waals surface area (Å²) < 4.78 is 13.8. The molecule has 2 amide bonds. The van der Waals surface area contributed by atoms with E-state index in [1.54, 1.807) is 29.8 Å². The molecule has 0 bridgehead atoms. The van der Waals surface area contributed by atoms with E-state index in [0.717, 1.165) is 11.8 Å². The zero-order valence-electron chi connectivity index (χ0n) is 16.1. The van der Waals surface area contributed by atoms with Crippen LogP contribution < -0.4 is 10.6 Å². The number of amides is 2. The van der Waals surface area contributed by atoms with Crippen molar-refractivity contribution in [2.45, 2.75) is 6.42 Å². The summed E-state index contributed by atoms with van der Waals surface area (Å²) in [5.74, 6) is -1.41. The van der Waals surface area contributed by atoms with Crippen LogP contribution in [-0.2, 0) is 11.2 Å². The van der Waals surface area contributed by atoms with Crippen LogP contribution in [0.3, 0.4) is 0 Å². The number of benzene rings is 1. The van der Waals surface area contributed by atoms with Crippen molar-refractivity contribution in [3.05, 3.63) is 89.6 Å². The molecule has 3 aromatic heterocycles. The summed E-state index contributed by atoms with van der Waals surface area (Å²) in [6, 6.07) is 14.2. The van der Waals surface area contributed by atoms with E-state index in [-0.39, 0.29) is 23.5 Å². The second kappa shape index (κ2) is 9.23. The summed E-state index contributed by atoms with van der Waals surface area (Å²) in [5.41, 5.74) is 1.91. The van der Waals surface area contributed by atoms with Crippen LogP contribution in [0.25, 0.3) is 10.7 Å². The monoisotopic (exact) mass is 433 g/mol. The van der Waals surface area contributed by atoms with E-state index in [1.807, 2.05) is 18.2 Å². The van der Waals surface area contributed by atoms with Crippen LogP contribution in [0.2, 0.25) is 0 Å². The summed E-state index contributed by atoms with van der Waals surface area (Å²) >= 11 is 1.39. The fraction of sp³-hybridized carbons (Fsp3) is 0.0455. The zero-order chi connectivity index (χ0) is 21.6. The molecule has 0 radical (unpaired) electrons. The van der Waals surface area contributed by atoms with Crippen molar-refractivity contribution in [1.29, 1.82) is 0 Å². The summed E-state index contributed by atoms with van der Waals surface area (Å²) in [4.78, 5) is 37.6. The van der Waals surface area contributed by atoms with E-state index in [2.05, 4.69) is 25.6 Å². The van der Waals surface area contributed by atoms with Gasteiger partial charge in [0.05, 0.1) is 29.2 Å². The maximum Gasteiger partial charge on any atom is 0.274 e. The van der Waals surface area contributed by atoms with Crippen molar-refractivity contribution in [1.82, 2.24) is 15.0 Å². The van der Waals surface area contributed by atoms with Gasteiger partial charge in [0.15, 0.2) is 0 Å². The number of carbonyl (C=O) groups excluding carboxylic acids is 2. The summed E-state index contributed by atoms with van der Waals surface area (Å²) in [5, 5.41) is 7.77. The maximum absolute atomic E-state index is 13.8. The molecule has 0 fully saturated rings. The van der Waals surface area contributed by atoms with Gasteiger partial charge in [-0.05, 0) is 42.5 Å². The van der Waals surface area contributed by atoms with Crippen LogP contribution in [0.1, 0.15) is 16.2 Å². The predicted octanol–water partition coefficient (Wildman–Crippen LogP) is 4.17. The molecule has 0 aliphatic rings. The van der Waals surface area contributed by atoms with Gasteiger partial charge in [0.2, 0.25) is 5.91 Å². The Bertz CT molecular complexity index is 1220. The average Bonchev–Trinajstić information content (AvgIpc) is 3.25. The summed E-state index contributed by atoms with van der Waals surface area (Å²) in [7, 11) is 0. The van der Waals surface area contributed by atoms with Crippen molar-refractivity contribution in [2.24, 2.45) is 0 Å². The van der Waals surface area contributed by atoms with Gasteiger partial charge < -0.3 is 10.6 Å². The van der Waals surface area contributed by atoms with Crippen LogP contribution in [0.4, 0.5) is 15.8 Å². The number of carbonyl (C=O) groups is 2. The van der Waals surface area contributed by atoms with E-state index in [4.69, 9.17) is 0 Å². The van der Waals surface area contributed by atoms with Crippen LogP contribution in [-0.4, -0.2) is 26.8 Å². The number of hydrogen-bond acceptors (Lipinski definition) is 6. The number of halogens is 1. The summed E-state index contributed by atoms with van der Waals surface area (Å²) in [6.45, 7) is 0. The molecule has 4 rings (SSSR count). The molecular weight excluding hydrogens is 417 g/mol. The molecule has 2 N–H and O–H groups in total. The van der Waals surface area contributed by atoms with Crippen molar-refractivity contribution in [2.75, 3.05) is 10.6 Å². The van der Waals surface area contributed by atoms with Gasteiger partial charge >= 0.3 is 0 Å². The van der Waals surface area contributed by atoms with Crippen molar-refractivity contribution in [3.63, 3.8) is 0 Å². The van der Waals surface area contributed by atoms with E-state index in [9.17, 15) is 14.0 Å². The molecule has 3 heterocycles. The Kier molecular flexibility index (Phi) is 6.04. The highest BCUT2D eigenvalue weighted by Gasteiger charge is 2.15. The number of nitrogens with zero attached hydrogens (tertiary/aromatic N) is 3. The number of nitrogens with one attached hydrogen (secondary N) is 2. The SMILES string of the molecule is O=C(Cc1csc(-c2ccccn2)n1)Nc1cc(F)ccc1NC(=O)c1ccccn1. The van der Waals surface area contributed by atoms with E-state index in [1.165, 1.54) is 29.7 Å². The van der Waals surface area contributed by atoms with Crippen molar-refractivity contribution < 1.29 is 14.0 Å². The Morgan fingerprint density at radius 2 is 1.74 bits per heavy atom. The van der Waals surface area contributed by atoms with Gasteiger partial charge in [0.25, 0.3) is 5.91 Å². The Hall–Kier alpha value is -3.98. The number of anilines is 2. The molecule has 1 aromatic carbocycles. The molecule has 31 heavy (non-hydrogen) atoms. The van der Waals surface area contributed by atoms with E-state index < -0.39 is 17.6 Å². The van der Waals surface area contributed by atoms with Crippen LogP contribution in [0, 0.1) is 5.82 Å². The lowest BCUT2D eigenvalue weighted by Gasteiger charge is -2.12. The fourth-order valence-electron chi connectivity index (χ4n) is 2.77. The molecule has 0 saturated heterocycles. The molecule has 154 valence electrons. The quantitative estimate of drug-likeness (QED) is 0.476. The first-order valence-corrected chi connectivity index (χ1v) is 10.1. The third kappa shape index (κ3) is 5.14. The Labute approximate surface area is 181 Å². The first-order chi connectivity index (χ1) is 15.1. The van der Waals surface area contributed by atoms with Crippen molar-refractivity contribution >= 4 is 34.5 Å². The number of rotatable bonds is 6. The molecule has 0 saturated carbocycles. The Morgan fingerprint density at radius 3 is 2.48 bits per heavy atom. The third-order valence-corrected chi connectivity index (χ3v) is 5.09. The lowest BCUT2D eigenvalue weighted by Crippen LogP contribution is -2.19. The van der Waals surface area contributed by atoms with Gasteiger partial charge in [0, 0.05) is 17.8 Å². The normalized spacial score (nSPS) is 10.5. The smallest absolute Gasteiger partial charge is 0.274 e. The van der Waals surface area contributed by atoms with Gasteiger partial charge in [-0.25, -0.2) is 9.37 Å². The Morgan fingerprint density at radius 1 is 0.935 bits per heavy atom. The molecule has 7 nitrogen and oxygen atoms in total. The Balaban J connectivity index is 1.46. The highest BCUT2D eigenvalue weighted by molar-refractivity contribution is 7.13. The zero-order valence-corrected chi connectivity index (χ0v) is 16.9. The second-order valence-electron chi connectivity index (χ2n) is 6.44. The predicted molar refractivity (Wildman–Crippen MR) is 116 cm³/mol. The first kappa shape index (κ1) is 20.3. The van der Waals surface area contributed by atoms with Crippen molar-refractivity contribution in [3.8, 4) is 10.7 Å². The minimum Gasteiger partial charge on any atom is -0.324 e. The standard InChI is InChI=1S/C22H16FN5O2S/c23-14-7-8-16(28-21(30)17-5-1-3-9-24-17)19(11-14)27-20(29)12-15-13-31-22(26-15)18-6-2-4-10-25-18/h1-11,13H,12H2,(H,27,29)(H,28,30). The maximum atomic E-state index is 13.8. The third-order valence-electron chi connectivity index (χ3n) is 4.18. The van der Waals surface area contributed by atoms with Crippen LogP contribution in [0.5, 0.6) is 0 Å². The molecule has 0 spiro atoms. The van der Waals surface area contributed by atoms with Crippen LogP contribution >= 0.6 is 11.3 Å². The molecule has 0 aliphatic heterocycles. The van der Waals surface area contributed by atoms with Gasteiger partial charge in [-0.15, -0.1) is 11.3 Å². The van der Waals surface area contributed by atoms with Gasteiger partial charge in [-0.3, -0.25) is 19.6 Å². The second-order valence-corrected chi connectivity index (χ2v) is 7.30. The van der Waals surface area contributed by atoms with E-state index >= 15 is 0 Å².